The fraction of sp³-hybridized carbons (Fsp3) is 0.190. The van der Waals surface area contributed by atoms with Crippen molar-refractivity contribution in [3.05, 3.63) is 72.3 Å². The molecular formula is C21H23N3O3. The predicted octanol–water partition coefficient (Wildman–Crippen LogP) is 3.43. The molecule has 0 heterocycles. The monoisotopic (exact) mass is 365 g/mol. The fourth-order valence-electron chi connectivity index (χ4n) is 2.18. The van der Waals surface area contributed by atoms with Crippen molar-refractivity contribution < 1.29 is 14.3 Å². The molecular weight excluding hydrogens is 342 g/mol. The summed E-state index contributed by atoms with van der Waals surface area (Å²) in [5, 5.41) is 6.67. The normalized spacial score (nSPS) is 10.4. The zero-order chi connectivity index (χ0) is 19.5. The van der Waals surface area contributed by atoms with Crippen LogP contribution >= 0.6 is 0 Å². The first kappa shape index (κ1) is 19.9. The molecule has 140 valence electrons. The van der Waals surface area contributed by atoms with E-state index >= 15 is 0 Å². The van der Waals surface area contributed by atoms with E-state index in [4.69, 9.17) is 4.74 Å². The molecule has 6 heteroatoms. The van der Waals surface area contributed by atoms with E-state index in [1.54, 1.807) is 6.08 Å². The highest BCUT2D eigenvalue weighted by atomic mass is 16.5. The minimum absolute atomic E-state index is 0.0453. The molecule has 0 spiro atoms. The number of carbonyl (C=O) groups is 2. The van der Waals surface area contributed by atoms with E-state index in [2.05, 4.69) is 22.4 Å². The van der Waals surface area contributed by atoms with Gasteiger partial charge in [0, 0.05) is 24.1 Å². The Balaban J connectivity index is 1.77. The number of amides is 2. The average Bonchev–Trinajstić information content (AvgIpc) is 2.67. The van der Waals surface area contributed by atoms with Gasteiger partial charge in [0.05, 0.1) is 6.21 Å². The summed E-state index contributed by atoms with van der Waals surface area (Å²) in [4.78, 5) is 23.7. The zero-order valence-electron chi connectivity index (χ0n) is 15.3. The van der Waals surface area contributed by atoms with E-state index in [1.165, 1.54) is 6.21 Å². The Kier molecular flexibility index (Phi) is 7.78. The summed E-state index contributed by atoms with van der Waals surface area (Å²) < 4.78 is 5.51. The van der Waals surface area contributed by atoms with Crippen LogP contribution in [0.2, 0.25) is 0 Å². The summed E-state index contributed by atoms with van der Waals surface area (Å²) in [7, 11) is 0. The Hall–Kier alpha value is -3.41. The largest absolute Gasteiger partial charge is 0.489 e. The average molecular weight is 365 g/mol. The number of ether oxygens (including phenoxy) is 1. The Morgan fingerprint density at radius 3 is 2.52 bits per heavy atom. The van der Waals surface area contributed by atoms with E-state index < -0.39 is 0 Å². The number of carbonyl (C=O) groups excluding carboxylic acids is 2. The van der Waals surface area contributed by atoms with Gasteiger partial charge in [0.15, 0.2) is 0 Å². The molecule has 2 aromatic rings. The van der Waals surface area contributed by atoms with Crippen LogP contribution in [0.3, 0.4) is 0 Å². The summed E-state index contributed by atoms with van der Waals surface area (Å²) in [6, 6.07) is 14.8. The minimum atomic E-state index is -0.338. The van der Waals surface area contributed by atoms with Gasteiger partial charge in [-0.1, -0.05) is 42.5 Å². The highest BCUT2D eigenvalue weighted by Crippen LogP contribution is 2.15. The molecule has 0 saturated carbocycles. The number of hydrazone groups is 1. The van der Waals surface area contributed by atoms with Crippen LogP contribution in [0, 0.1) is 6.92 Å². The van der Waals surface area contributed by atoms with E-state index in [-0.39, 0.29) is 24.7 Å². The minimum Gasteiger partial charge on any atom is -0.489 e. The van der Waals surface area contributed by atoms with Gasteiger partial charge in [0.25, 0.3) is 0 Å². The molecule has 2 aromatic carbocycles. The van der Waals surface area contributed by atoms with Crippen molar-refractivity contribution >= 4 is 23.7 Å². The van der Waals surface area contributed by atoms with Gasteiger partial charge >= 0.3 is 0 Å². The molecule has 0 unspecified atom stereocenters. The zero-order valence-corrected chi connectivity index (χ0v) is 15.3. The molecule has 0 saturated heterocycles. The van der Waals surface area contributed by atoms with Crippen molar-refractivity contribution in [3.8, 4) is 5.75 Å². The maximum Gasteiger partial charge on any atom is 0.240 e. The van der Waals surface area contributed by atoms with Gasteiger partial charge in [-0.15, -0.1) is 0 Å². The van der Waals surface area contributed by atoms with Crippen LogP contribution in [0.25, 0.3) is 0 Å². The topological polar surface area (TPSA) is 79.8 Å². The second-order valence-corrected chi connectivity index (χ2v) is 5.84. The van der Waals surface area contributed by atoms with Crippen molar-refractivity contribution in [3.63, 3.8) is 0 Å². The molecule has 0 aliphatic carbocycles. The Morgan fingerprint density at radius 2 is 1.78 bits per heavy atom. The maximum atomic E-state index is 11.9. The highest BCUT2D eigenvalue weighted by molar-refractivity contribution is 5.93. The number of hydrogen-bond donors (Lipinski definition) is 2. The number of nitrogens with one attached hydrogen (secondary N) is 2. The van der Waals surface area contributed by atoms with Crippen molar-refractivity contribution in [1.29, 1.82) is 0 Å². The molecule has 0 atom stereocenters. The third kappa shape index (κ3) is 7.15. The SMILES string of the molecule is C=CCOc1ccccc1C=NNC(=O)CCC(=O)Nc1ccc(C)cc1. The molecule has 2 rings (SSSR count). The third-order valence-corrected chi connectivity index (χ3v) is 3.58. The summed E-state index contributed by atoms with van der Waals surface area (Å²) in [6.07, 6.45) is 3.28. The quantitative estimate of drug-likeness (QED) is 0.406. The number of para-hydroxylation sites is 1. The lowest BCUT2D eigenvalue weighted by atomic mass is 10.2. The Labute approximate surface area is 158 Å². The summed E-state index contributed by atoms with van der Waals surface area (Å²) >= 11 is 0. The van der Waals surface area contributed by atoms with Crippen LogP contribution < -0.4 is 15.5 Å². The van der Waals surface area contributed by atoms with Crippen molar-refractivity contribution in [2.24, 2.45) is 5.10 Å². The first-order chi connectivity index (χ1) is 13.1. The van der Waals surface area contributed by atoms with E-state index in [0.717, 1.165) is 11.1 Å². The molecule has 0 fully saturated rings. The van der Waals surface area contributed by atoms with Gasteiger partial charge in [0.1, 0.15) is 12.4 Å². The molecule has 0 radical (unpaired) electrons. The smallest absolute Gasteiger partial charge is 0.240 e. The maximum absolute atomic E-state index is 11.9. The van der Waals surface area contributed by atoms with Crippen LogP contribution in [-0.2, 0) is 9.59 Å². The van der Waals surface area contributed by atoms with Crippen LogP contribution in [0.4, 0.5) is 5.69 Å². The van der Waals surface area contributed by atoms with E-state index in [9.17, 15) is 9.59 Å². The number of aryl methyl sites for hydroxylation is 1. The second-order valence-electron chi connectivity index (χ2n) is 5.84. The lowest BCUT2D eigenvalue weighted by Crippen LogP contribution is -2.20. The molecule has 27 heavy (non-hydrogen) atoms. The van der Waals surface area contributed by atoms with Crippen LogP contribution in [0.15, 0.2) is 66.3 Å². The molecule has 0 aromatic heterocycles. The Morgan fingerprint density at radius 1 is 1.07 bits per heavy atom. The lowest BCUT2D eigenvalue weighted by Gasteiger charge is -2.06. The number of hydrogen-bond acceptors (Lipinski definition) is 4. The number of nitrogens with zero attached hydrogens (tertiary/aromatic N) is 1. The number of benzene rings is 2. The van der Waals surface area contributed by atoms with Crippen molar-refractivity contribution in [2.75, 3.05) is 11.9 Å². The number of anilines is 1. The predicted molar refractivity (Wildman–Crippen MR) is 107 cm³/mol. The van der Waals surface area contributed by atoms with Crippen LogP contribution in [-0.4, -0.2) is 24.6 Å². The van der Waals surface area contributed by atoms with Crippen LogP contribution in [0.1, 0.15) is 24.0 Å². The van der Waals surface area contributed by atoms with Gasteiger partial charge in [-0.05, 0) is 31.2 Å². The first-order valence-electron chi connectivity index (χ1n) is 8.59. The molecule has 0 aliphatic heterocycles. The molecule has 6 nitrogen and oxygen atoms in total. The third-order valence-electron chi connectivity index (χ3n) is 3.58. The van der Waals surface area contributed by atoms with Gasteiger partial charge in [-0.2, -0.15) is 5.10 Å². The van der Waals surface area contributed by atoms with Gasteiger partial charge in [-0.3, -0.25) is 9.59 Å². The van der Waals surface area contributed by atoms with Gasteiger partial charge < -0.3 is 10.1 Å². The standard InChI is InChI=1S/C21H23N3O3/c1-3-14-27-19-7-5-4-6-17(19)15-22-24-21(26)13-12-20(25)23-18-10-8-16(2)9-11-18/h3-11,15H,1,12-14H2,2H3,(H,23,25)(H,24,26). The fourth-order valence-corrected chi connectivity index (χ4v) is 2.18. The Bertz CT molecular complexity index is 814. The van der Waals surface area contributed by atoms with Crippen LogP contribution in [0.5, 0.6) is 5.75 Å². The van der Waals surface area contributed by atoms with Gasteiger partial charge in [-0.25, -0.2) is 5.43 Å². The summed E-state index contributed by atoms with van der Waals surface area (Å²) in [6.45, 7) is 5.96. The molecule has 2 N–H and O–H groups in total. The van der Waals surface area contributed by atoms with Gasteiger partial charge in [0.2, 0.25) is 11.8 Å². The first-order valence-corrected chi connectivity index (χ1v) is 8.59. The van der Waals surface area contributed by atoms with Crippen molar-refractivity contribution in [1.82, 2.24) is 5.43 Å². The second kappa shape index (κ2) is 10.6. The highest BCUT2D eigenvalue weighted by Gasteiger charge is 2.07. The molecule has 0 aliphatic rings. The molecule has 2 amide bonds. The van der Waals surface area contributed by atoms with Crippen molar-refractivity contribution in [2.45, 2.75) is 19.8 Å². The van der Waals surface area contributed by atoms with E-state index in [1.807, 2.05) is 55.5 Å². The summed E-state index contributed by atoms with van der Waals surface area (Å²) in [5.74, 6) is 0.0869. The summed E-state index contributed by atoms with van der Waals surface area (Å²) in [5.41, 5.74) is 4.97. The lowest BCUT2D eigenvalue weighted by molar-refractivity contribution is -0.124. The molecule has 0 bridgehead atoms. The number of rotatable bonds is 9. The van der Waals surface area contributed by atoms with E-state index in [0.29, 0.717) is 18.0 Å².